The summed E-state index contributed by atoms with van der Waals surface area (Å²) in [5.41, 5.74) is 1.48. The lowest BCUT2D eigenvalue weighted by atomic mass is 9.75. The van der Waals surface area contributed by atoms with Gasteiger partial charge in [-0.1, -0.05) is 6.92 Å². The first-order chi connectivity index (χ1) is 14.5. The third-order valence-corrected chi connectivity index (χ3v) is 5.75. The van der Waals surface area contributed by atoms with Gasteiger partial charge in [0.05, 0.1) is 12.7 Å². The van der Waals surface area contributed by atoms with Crippen LogP contribution >= 0.6 is 0 Å². The van der Waals surface area contributed by atoms with Gasteiger partial charge < -0.3 is 14.8 Å². The Morgan fingerprint density at radius 2 is 1.97 bits per heavy atom. The van der Waals surface area contributed by atoms with Crippen LogP contribution in [0, 0.1) is 5.92 Å². The molecule has 1 amide bonds. The van der Waals surface area contributed by atoms with Gasteiger partial charge in [-0.15, -0.1) is 0 Å². The van der Waals surface area contributed by atoms with Gasteiger partial charge in [0.25, 0.3) is 5.91 Å². The lowest BCUT2D eigenvalue weighted by molar-refractivity contribution is -0.0529. The van der Waals surface area contributed by atoms with Crippen LogP contribution in [0.4, 0.5) is 8.78 Å². The summed E-state index contributed by atoms with van der Waals surface area (Å²) in [6.07, 6.45) is 7.64. The fourth-order valence-electron chi connectivity index (χ4n) is 4.13. The number of amides is 1. The summed E-state index contributed by atoms with van der Waals surface area (Å²) in [7, 11) is 1.53. The van der Waals surface area contributed by atoms with Crippen LogP contribution in [0.15, 0.2) is 36.7 Å². The fraction of sp³-hybridized carbons (Fsp3) is 0.500. The summed E-state index contributed by atoms with van der Waals surface area (Å²) in [6.45, 7) is -0.807. The maximum Gasteiger partial charge on any atom is 0.388 e. The quantitative estimate of drug-likeness (QED) is 0.662. The minimum absolute atomic E-state index is 0. The van der Waals surface area contributed by atoms with Crippen molar-refractivity contribution in [1.82, 2.24) is 15.3 Å². The second kappa shape index (κ2) is 10.3. The number of hydrogen-bond acceptors (Lipinski definition) is 5. The van der Waals surface area contributed by atoms with Gasteiger partial charge in [-0.25, -0.2) is 9.97 Å². The van der Waals surface area contributed by atoms with Crippen molar-refractivity contribution < 1.29 is 24.5 Å². The monoisotopic (exact) mass is 421 g/mol. The SMILES string of the molecule is CC[C@H](NC(=O)c1ccc(OC)nc1)C1CCC(c2ccnc(OC(F)F)c2)CC1.[HH]. The van der Waals surface area contributed by atoms with E-state index >= 15 is 0 Å². The van der Waals surface area contributed by atoms with Crippen LogP contribution in [-0.2, 0) is 0 Å². The van der Waals surface area contributed by atoms with Crippen molar-refractivity contribution >= 4 is 5.91 Å². The highest BCUT2D eigenvalue weighted by Gasteiger charge is 2.29. The number of hydrogen-bond donors (Lipinski definition) is 1. The lowest BCUT2D eigenvalue weighted by Crippen LogP contribution is -2.41. The van der Waals surface area contributed by atoms with E-state index < -0.39 is 6.61 Å². The summed E-state index contributed by atoms with van der Waals surface area (Å²) >= 11 is 0. The standard InChI is InChI=1S/C22H27F2N3O3.H2/c1-3-18(27-21(28)17-8-9-19(29-2)26-13-17)15-6-4-14(5-7-15)16-10-11-25-20(12-16)30-22(23)24;/h8-15,18,22H,3-7H2,1-2H3,(H,27,28);1H/t14?,15?,18-;/m0./s1. The molecule has 8 heteroatoms. The maximum atomic E-state index is 12.6. The van der Waals surface area contributed by atoms with E-state index in [0.717, 1.165) is 37.7 Å². The van der Waals surface area contributed by atoms with Crippen LogP contribution in [0.25, 0.3) is 0 Å². The van der Waals surface area contributed by atoms with Crippen LogP contribution in [0.5, 0.6) is 11.8 Å². The van der Waals surface area contributed by atoms with Crippen molar-refractivity contribution in [3.63, 3.8) is 0 Å². The fourth-order valence-corrected chi connectivity index (χ4v) is 4.13. The van der Waals surface area contributed by atoms with Gasteiger partial charge in [-0.3, -0.25) is 4.79 Å². The number of methoxy groups -OCH3 is 1. The van der Waals surface area contributed by atoms with Gasteiger partial charge in [0, 0.05) is 32.0 Å². The van der Waals surface area contributed by atoms with E-state index in [4.69, 9.17) is 4.74 Å². The third-order valence-electron chi connectivity index (χ3n) is 5.75. The Kier molecular flexibility index (Phi) is 7.54. The second-order valence-corrected chi connectivity index (χ2v) is 7.50. The molecule has 1 atom stereocenters. The molecule has 2 heterocycles. The summed E-state index contributed by atoms with van der Waals surface area (Å²) in [6, 6.07) is 6.91. The number of halogens is 2. The number of alkyl halides is 2. The molecule has 0 bridgehead atoms. The van der Waals surface area contributed by atoms with Crippen molar-refractivity contribution in [1.29, 1.82) is 0 Å². The van der Waals surface area contributed by atoms with Crippen molar-refractivity contribution in [2.24, 2.45) is 5.92 Å². The number of rotatable bonds is 8. The molecule has 1 fully saturated rings. The number of carbonyl (C=O) groups excluding carboxylic acids is 1. The van der Waals surface area contributed by atoms with Crippen LogP contribution in [0.3, 0.4) is 0 Å². The Morgan fingerprint density at radius 1 is 1.20 bits per heavy atom. The highest BCUT2D eigenvalue weighted by Crippen LogP contribution is 2.38. The van der Waals surface area contributed by atoms with Gasteiger partial charge in [-0.05, 0) is 61.6 Å². The predicted molar refractivity (Wildman–Crippen MR) is 110 cm³/mol. The molecule has 164 valence electrons. The largest absolute Gasteiger partial charge is 0.481 e. The van der Waals surface area contributed by atoms with Gasteiger partial charge in [0.1, 0.15) is 0 Å². The van der Waals surface area contributed by atoms with Gasteiger partial charge >= 0.3 is 6.61 Å². The highest BCUT2D eigenvalue weighted by molar-refractivity contribution is 5.94. The van der Waals surface area contributed by atoms with Crippen LogP contribution in [-0.4, -0.2) is 35.6 Å². The molecule has 0 saturated heterocycles. The average molecular weight is 421 g/mol. The van der Waals surface area contributed by atoms with Crippen molar-refractivity contribution in [2.45, 2.75) is 57.6 Å². The number of nitrogens with zero attached hydrogens (tertiary/aromatic N) is 2. The number of ether oxygens (including phenoxy) is 2. The molecule has 1 saturated carbocycles. The molecular formula is C22H29F2N3O3. The first kappa shape index (κ1) is 21.9. The summed E-state index contributed by atoms with van der Waals surface area (Å²) in [4.78, 5) is 20.5. The van der Waals surface area contributed by atoms with Crippen LogP contribution in [0.2, 0.25) is 0 Å². The molecule has 0 unspecified atom stereocenters. The zero-order chi connectivity index (χ0) is 21.5. The molecule has 2 aromatic heterocycles. The zero-order valence-electron chi connectivity index (χ0n) is 17.2. The maximum absolute atomic E-state index is 12.6. The van der Waals surface area contributed by atoms with Crippen molar-refractivity contribution in [3.8, 4) is 11.8 Å². The normalized spacial score (nSPS) is 19.9. The highest BCUT2D eigenvalue weighted by atomic mass is 19.3. The molecule has 0 radical (unpaired) electrons. The molecule has 1 N–H and O–H groups in total. The van der Waals surface area contributed by atoms with E-state index in [2.05, 4.69) is 26.9 Å². The Hall–Kier alpha value is -2.77. The molecule has 0 aliphatic heterocycles. The van der Waals surface area contributed by atoms with E-state index in [0.29, 0.717) is 17.4 Å². The van der Waals surface area contributed by atoms with E-state index in [1.807, 2.05) is 6.07 Å². The number of nitrogens with one attached hydrogen (secondary N) is 1. The summed E-state index contributed by atoms with van der Waals surface area (Å²) in [5.74, 6) is 0.942. The molecule has 1 aliphatic rings. The lowest BCUT2D eigenvalue weighted by Gasteiger charge is -2.34. The molecule has 0 spiro atoms. The first-order valence-corrected chi connectivity index (χ1v) is 10.2. The Bertz CT molecular complexity index is 831. The molecule has 1 aliphatic carbocycles. The molecular weight excluding hydrogens is 392 g/mol. The topological polar surface area (TPSA) is 73.3 Å². The van der Waals surface area contributed by atoms with Crippen LogP contribution in [0.1, 0.15) is 62.3 Å². The predicted octanol–water partition coefficient (Wildman–Crippen LogP) is 4.82. The van der Waals surface area contributed by atoms with Crippen LogP contribution < -0.4 is 14.8 Å². The van der Waals surface area contributed by atoms with E-state index in [-0.39, 0.29) is 25.2 Å². The minimum Gasteiger partial charge on any atom is -0.481 e. The van der Waals surface area contributed by atoms with Crippen molar-refractivity contribution in [3.05, 3.63) is 47.8 Å². The summed E-state index contributed by atoms with van der Waals surface area (Å²) < 4.78 is 34.3. The molecule has 2 aromatic rings. The summed E-state index contributed by atoms with van der Waals surface area (Å²) in [5, 5.41) is 3.14. The third kappa shape index (κ3) is 5.64. The number of carbonyl (C=O) groups is 1. The second-order valence-electron chi connectivity index (χ2n) is 7.50. The van der Waals surface area contributed by atoms with E-state index in [1.165, 1.54) is 19.5 Å². The van der Waals surface area contributed by atoms with Gasteiger partial charge in [-0.2, -0.15) is 8.78 Å². The Morgan fingerprint density at radius 3 is 2.57 bits per heavy atom. The van der Waals surface area contributed by atoms with Gasteiger partial charge in [0.2, 0.25) is 11.8 Å². The Labute approximate surface area is 176 Å². The molecule has 3 rings (SSSR count). The smallest absolute Gasteiger partial charge is 0.388 e. The first-order valence-electron chi connectivity index (χ1n) is 10.2. The average Bonchev–Trinajstić information content (AvgIpc) is 2.77. The molecule has 6 nitrogen and oxygen atoms in total. The van der Waals surface area contributed by atoms with Crippen molar-refractivity contribution in [2.75, 3.05) is 7.11 Å². The number of aromatic nitrogens is 2. The zero-order valence-corrected chi connectivity index (χ0v) is 17.2. The van der Waals surface area contributed by atoms with E-state index in [1.54, 1.807) is 18.2 Å². The number of pyridine rings is 2. The Balaban J connectivity index is 0.00000341. The molecule has 0 aromatic carbocycles. The van der Waals surface area contributed by atoms with E-state index in [9.17, 15) is 13.6 Å². The minimum atomic E-state index is -2.88. The van der Waals surface area contributed by atoms with Gasteiger partial charge in [0.15, 0.2) is 0 Å². The molecule has 30 heavy (non-hydrogen) atoms.